The molecule has 0 aliphatic carbocycles. The minimum Gasteiger partial charge on any atom is -0.384 e. The Kier molecular flexibility index (Phi) is 4.66. The molecule has 1 aromatic carbocycles. The van der Waals surface area contributed by atoms with Crippen LogP contribution >= 0.6 is 11.6 Å². The van der Waals surface area contributed by atoms with E-state index in [1.54, 1.807) is 13.2 Å². The van der Waals surface area contributed by atoms with Crippen LogP contribution in [0.15, 0.2) is 18.2 Å². The zero-order valence-electron chi connectivity index (χ0n) is 11.2. The van der Waals surface area contributed by atoms with Crippen LogP contribution < -0.4 is 10.6 Å². The number of hydrogen-bond donors (Lipinski definition) is 2. The summed E-state index contributed by atoms with van der Waals surface area (Å²) in [5.74, 6) is 0.700. The number of anilines is 1. The van der Waals surface area contributed by atoms with Gasteiger partial charge in [0.15, 0.2) is 0 Å². The summed E-state index contributed by atoms with van der Waals surface area (Å²) < 4.78 is 5.21. The van der Waals surface area contributed by atoms with Crippen LogP contribution in [0.2, 0.25) is 5.02 Å². The van der Waals surface area contributed by atoms with Crippen molar-refractivity contribution in [1.82, 2.24) is 0 Å². The summed E-state index contributed by atoms with van der Waals surface area (Å²) in [6, 6.07) is 5.57. The number of amidine groups is 1. The van der Waals surface area contributed by atoms with Crippen molar-refractivity contribution in [3.8, 4) is 0 Å². The molecule has 0 amide bonds. The third kappa shape index (κ3) is 3.39. The van der Waals surface area contributed by atoms with Gasteiger partial charge in [0.1, 0.15) is 5.84 Å². The number of nitrogen functional groups attached to an aromatic ring is 1. The van der Waals surface area contributed by atoms with Gasteiger partial charge >= 0.3 is 0 Å². The molecular weight excluding hydrogens is 262 g/mol. The number of piperidine rings is 1. The third-order valence-corrected chi connectivity index (χ3v) is 3.84. The smallest absolute Gasteiger partial charge is 0.124 e. The van der Waals surface area contributed by atoms with Crippen LogP contribution in [-0.4, -0.2) is 32.6 Å². The van der Waals surface area contributed by atoms with Gasteiger partial charge in [0, 0.05) is 43.1 Å². The summed E-state index contributed by atoms with van der Waals surface area (Å²) in [6.07, 6.45) is 2.21. The second kappa shape index (κ2) is 6.26. The molecule has 0 radical (unpaired) electrons. The average molecular weight is 282 g/mol. The van der Waals surface area contributed by atoms with Gasteiger partial charge < -0.3 is 15.4 Å². The Morgan fingerprint density at radius 1 is 1.47 bits per heavy atom. The molecule has 0 saturated carbocycles. The van der Waals surface area contributed by atoms with Crippen molar-refractivity contribution in [3.05, 3.63) is 28.8 Å². The number of nitrogens with one attached hydrogen (secondary N) is 1. The first-order valence-corrected chi connectivity index (χ1v) is 6.87. The van der Waals surface area contributed by atoms with Gasteiger partial charge in [-0.1, -0.05) is 11.6 Å². The molecule has 5 heteroatoms. The van der Waals surface area contributed by atoms with Crippen LogP contribution in [0.25, 0.3) is 0 Å². The van der Waals surface area contributed by atoms with Crippen molar-refractivity contribution >= 4 is 23.1 Å². The Bertz CT molecular complexity index is 456. The Morgan fingerprint density at radius 2 is 2.16 bits per heavy atom. The molecular formula is C14H20ClN3O. The monoisotopic (exact) mass is 281 g/mol. The molecule has 0 aromatic heterocycles. The molecule has 1 saturated heterocycles. The van der Waals surface area contributed by atoms with Crippen LogP contribution in [0.1, 0.15) is 18.4 Å². The quantitative estimate of drug-likeness (QED) is 0.658. The lowest BCUT2D eigenvalue weighted by molar-refractivity contribution is 0.139. The second-order valence-corrected chi connectivity index (χ2v) is 5.40. The maximum Gasteiger partial charge on any atom is 0.124 e. The van der Waals surface area contributed by atoms with E-state index in [4.69, 9.17) is 27.5 Å². The summed E-state index contributed by atoms with van der Waals surface area (Å²) in [6.45, 7) is 2.76. The number of rotatable bonds is 4. The molecule has 19 heavy (non-hydrogen) atoms. The predicted molar refractivity (Wildman–Crippen MR) is 79.3 cm³/mol. The van der Waals surface area contributed by atoms with Crippen molar-refractivity contribution < 1.29 is 4.74 Å². The van der Waals surface area contributed by atoms with Crippen LogP contribution in [0, 0.1) is 11.3 Å². The Balaban J connectivity index is 2.13. The first-order valence-electron chi connectivity index (χ1n) is 6.49. The molecule has 0 unspecified atom stereocenters. The van der Waals surface area contributed by atoms with Crippen LogP contribution in [-0.2, 0) is 4.74 Å². The van der Waals surface area contributed by atoms with Crippen LogP contribution in [0.4, 0.5) is 5.69 Å². The summed E-state index contributed by atoms with van der Waals surface area (Å²) in [5, 5.41) is 8.28. The van der Waals surface area contributed by atoms with Gasteiger partial charge in [0.05, 0.1) is 0 Å². The van der Waals surface area contributed by atoms with Crippen LogP contribution in [0.3, 0.4) is 0 Å². The molecule has 2 rings (SSSR count). The van der Waals surface area contributed by atoms with E-state index in [0.717, 1.165) is 43.8 Å². The average Bonchev–Trinajstić information content (AvgIpc) is 2.40. The third-order valence-electron chi connectivity index (χ3n) is 3.61. The summed E-state index contributed by atoms with van der Waals surface area (Å²) in [5.41, 5.74) is 7.37. The highest BCUT2D eigenvalue weighted by Crippen LogP contribution is 2.28. The van der Waals surface area contributed by atoms with Gasteiger partial charge in [-0.15, -0.1) is 0 Å². The molecule has 1 heterocycles. The Morgan fingerprint density at radius 3 is 2.74 bits per heavy atom. The SMILES string of the molecule is COCC1CCN(c2ccc(Cl)cc2C(=N)N)CC1. The minimum absolute atomic E-state index is 0.0662. The normalized spacial score (nSPS) is 16.6. The largest absolute Gasteiger partial charge is 0.384 e. The standard InChI is InChI=1S/C14H20ClN3O/c1-19-9-10-4-6-18(7-5-10)13-3-2-11(15)8-12(13)14(16)17/h2-3,8,10H,4-7,9H2,1H3,(H3,16,17). The molecule has 0 spiro atoms. The Labute approximate surface area is 119 Å². The van der Waals surface area contributed by atoms with E-state index in [9.17, 15) is 0 Å². The predicted octanol–water partition coefficient (Wildman–Crippen LogP) is 2.49. The van der Waals surface area contributed by atoms with Crippen molar-refractivity contribution in [2.75, 3.05) is 31.7 Å². The zero-order valence-corrected chi connectivity index (χ0v) is 11.9. The first-order chi connectivity index (χ1) is 9.11. The minimum atomic E-state index is 0.0662. The molecule has 0 bridgehead atoms. The van der Waals surface area contributed by atoms with E-state index in [-0.39, 0.29) is 5.84 Å². The highest BCUT2D eigenvalue weighted by Gasteiger charge is 2.21. The topological polar surface area (TPSA) is 62.3 Å². The number of nitrogens with two attached hydrogens (primary N) is 1. The summed E-state index contributed by atoms with van der Waals surface area (Å²) >= 11 is 5.98. The number of benzene rings is 1. The molecule has 3 N–H and O–H groups in total. The molecule has 1 fully saturated rings. The van der Waals surface area contributed by atoms with E-state index in [2.05, 4.69) is 4.90 Å². The maximum atomic E-state index is 7.67. The van der Waals surface area contributed by atoms with E-state index >= 15 is 0 Å². The van der Waals surface area contributed by atoms with Crippen molar-refractivity contribution in [1.29, 1.82) is 5.41 Å². The number of nitrogens with zero attached hydrogens (tertiary/aromatic N) is 1. The van der Waals surface area contributed by atoms with Gasteiger partial charge in [-0.25, -0.2) is 0 Å². The Hall–Kier alpha value is -1.26. The number of methoxy groups -OCH3 is 1. The lowest BCUT2D eigenvalue weighted by Crippen LogP contribution is -2.36. The first kappa shape index (κ1) is 14.2. The summed E-state index contributed by atoms with van der Waals surface area (Å²) in [4.78, 5) is 2.28. The zero-order chi connectivity index (χ0) is 13.8. The van der Waals surface area contributed by atoms with E-state index < -0.39 is 0 Å². The molecule has 1 aromatic rings. The van der Waals surface area contributed by atoms with Gasteiger partial charge in [-0.3, -0.25) is 5.41 Å². The van der Waals surface area contributed by atoms with Gasteiger partial charge in [-0.2, -0.15) is 0 Å². The highest BCUT2D eigenvalue weighted by molar-refractivity contribution is 6.31. The molecule has 4 nitrogen and oxygen atoms in total. The lowest BCUT2D eigenvalue weighted by atomic mass is 9.96. The van der Waals surface area contributed by atoms with Crippen molar-refractivity contribution in [2.24, 2.45) is 11.7 Å². The summed E-state index contributed by atoms with van der Waals surface area (Å²) in [7, 11) is 1.75. The van der Waals surface area contributed by atoms with Gasteiger partial charge in [-0.05, 0) is 37.0 Å². The fourth-order valence-electron chi connectivity index (χ4n) is 2.58. The fraction of sp³-hybridized carbons (Fsp3) is 0.500. The van der Waals surface area contributed by atoms with Gasteiger partial charge in [0.2, 0.25) is 0 Å². The molecule has 0 atom stereocenters. The number of ether oxygens (including phenoxy) is 1. The maximum absolute atomic E-state index is 7.67. The van der Waals surface area contributed by atoms with E-state index in [1.807, 2.05) is 12.1 Å². The van der Waals surface area contributed by atoms with Gasteiger partial charge in [0.25, 0.3) is 0 Å². The lowest BCUT2D eigenvalue weighted by Gasteiger charge is -2.34. The molecule has 104 valence electrons. The van der Waals surface area contributed by atoms with E-state index in [1.165, 1.54) is 0 Å². The van der Waals surface area contributed by atoms with E-state index in [0.29, 0.717) is 10.9 Å². The molecule has 1 aliphatic rings. The fourth-order valence-corrected chi connectivity index (χ4v) is 2.75. The molecule has 1 aliphatic heterocycles. The highest BCUT2D eigenvalue weighted by atomic mass is 35.5. The number of halogens is 1. The van der Waals surface area contributed by atoms with Crippen molar-refractivity contribution in [3.63, 3.8) is 0 Å². The second-order valence-electron chi connectivity index (χ2n) is 4.96. The van der Waals surface area contributed by atoms with Crippen molar-refractivity contribution in [2.45, 2.75) is 12.8 Å². The van der Waals surface area contributed by atoms with Crippen LogP contribution in [0.5, 0.6) is 0 Å². The number of hydrogen-bond acceptors (Lipinski definition) is 3.